The molecule has 3 aromatic rings. The van der Waals surface area contributed by atoms with Gasteiger partial charge in [-0.1, -0.05) is 12.1 Å². The molecule has 0 radical (unpaired) electrons. The number of hydrogen-bond acceptors (Lipinski definition) is 6. The van der Waals surface area contributed by atoms with Gasteiger partial charge in [0, 0.05) is 23.0 Å². The molecule has 3 aromatic carbocycles. The molecule has 4 rings (SSSR count). The van der Waals surface area contributed by atoms with E-state index in [1.54, 1.807) is 39.3 Å². The largest absolute Gasteiger partial charge is 0.508 e. The molecule has 0 fully saturated rings. The minimum atomic E-state index is -0.699. The van der Waals surface area contributed by atoms with Crippen LogP contribution in [0.3, 0.4) is 0 Å². The minimum Gasteiger partial charge on any atom is -0.508 e. The molecule has 2 unspecified atom stereocenters. The van der Waals surface area contributed by atoms with Crippen LogP contribution in [0.4, 0.5) is 4.39 Å². The molecule has 2 N–H and O–H groups in total. The standard InChI is InChI=1S/C25H25FO6/c1-13-19(27)8-6-16-23(14-5-7-20(28)18(26)9-14)17(12-32-24(13)16)15-10-21(29-2)25(31-4)22(11-15)30-3/h5-11,17,23,27-28H,12H2,1-4H3. The molecule has 0 saturated heterocycles. The van der Waals surface area contributed by atoms with Crippen molar-refractivity contribution in [1.29, 1.82) is 0 Å². The third kappa shape index (κ3) is 3.53. The maximum atomic E-state index is 14.3. The molecule has 1 aliphatic rings. The van der Waals surface area contributed by atoms with Crippen LogP contribution in [0.15, 0.2) is 42.5 Å². The van der Waals surface area contributed by atoms with Crippen LogP contribution in [0.5, 0.6) is 34.5 Å². The zero-order valence-corrected chi connectivity index (χ0v) is 18.3. The first-order chi connectivity index (χ1) is 15.4. The van der Waals surface area contributed by atoms with Gasteiger partial charge >= 0.3 is 0 Å². The van der Waals surface area contributed by atoms with Crippen molar-refractivity contribution in [3.8, 4) is 34.5 Å². The third-order valence-electron chi connectivity index (χ3n) is 6.00. The quantitative estimate of drug-likeness (QED) is 0.589. The lowest BCUT2D eigenvalue weighted by atomic mass is 9.75. The van der Waals surface area contributed by atoms with E-state index in [9.17, 15) is 14.6 Å². The number of benzene rings is 3. The van der Waals surface area contributed by atoms with Gasteiger partial charge in [0.2, 0.25) is 5.75 Å². The Morgan fingerprint density at radius 3 is 2.12 bits per heavy atom. The molecular weight excluding hydrogens is 415 g/mol. The second-order valence-corrected chi connectivity index (χ2v) is 7.69. The highest BCUT2D eigenvalue weighted by molar-refractivity contribution is 5.59. The molecule has 32 heavy (non-hydrogen) atoms. The van der Waals surface area contributed by atoms with Crippen molar-refractivity contribution in [3.05, 3.63) is 70.5 Å². The SMILES string of the molecule is COc1cc(C2COc3c(ccc(O)c3C)C2c2ccc(O)c(F)c2)cc(OC)c1OC. The molecular formula is C25H25FO6. The van der Waals surface area contributed by atoms with Crippen molar-refractivity contribution in [2.75, 3.05) is 27.9 Å². The van der Waals surface area contributed by atoms with Gasteiger partial charge in [0.05, 0.1) is 27.9 Å². The molecule has 1 heterocycles. The van der Waals surface area contributed by atoms with Crippen molar-refractivity contribution in [2.24, 2.45) is 0 Å². The number of fused-ring (bicyclic) bond motifs is 1. The van der Waals surface area contributed by atoms with Crippen molar-refractivity contribution < 1.29 is 33.6 Å². The molecule has 0 bridgehead atoms. The predicted molar refractivity (Wildman–Crippen MR) is 117 cm³/mol. The van der Waals surface area contributed by atoms with Crippen LogP contribution in [0.1, 0.15) is 34.1 Å². The minimum absolute atomic E-state index is 0.130. The number of phenolic OH excluding ortho intramolecular Hbond substituents is 2. The summed E-state index contributed by atoms with van der Waals surface area (Å²) in [6.45, 7) is 2.06. The summed E-state index contributed by atoms with van der Waals surface area (Å²) in [5.74, 6) is 0.541. The van der Waals surface area contributed by atoms with Crippen molar-refractivity contribution in [2.45, 2.75) is 18.8 Å². The van der Waals surface area contributed by atoms with Crippen LogP contribution in [-0.4, -0.2) is 38.1 Å². The maximum Gasteiger partial charge on any atom is 0.203 e. The molecule has 168 valence electrons. The molecule has 6 nitrogen and oxygen atoms in total. The van der Waals surface area contributed by atoms with E-state index in [0.29, 0.717) is 34.1 Å². The van der Waals surface area contributed by atoms with Gasteiger partial charge in [0.1, 0.15) is 11.5 Å². The number of hydrogen-bond donors (Lipinski definition) is 2. The highest BCUT2D eigenvalue weighted by atomic mass is 19.1. The Labute approximate surface area is 185 Å². The summed E-state index contributed by atoms with van der Waals surface area (Å²) in [5, 5.41) is 19.9. The van der Waals surface area contributed by atoms with E-state index in [-0.39, 0.29) is 24.2 Å². The molecule has 0 aromatic heterocycles. The lowest BCUT2D eigenvalue weighted by Gasteiger charge is -2.35. The predicted octanol–water partition coefficient (Wildman–Crippen LogP) is 4.88. The fourth-order valence-electron chi connectivity index (χ4n) is 4.36. The molecule has 1 aliphatic heterocycles. The van der Waals surface area contributed by atoms with E-state index in [0.717, 1.165) is 11.1 Å². The van der Waals surface area contributed by atoms with Crippen molar-refractivity contribution in [3.63, 3.8) is 0 Å². The first-order valence-electron chi connectivity index (χ1n) is 10.1. The molecule has 7 heteroatoms. The molecule has 2 atom stereocenters. The molecule has 0 saturated carbocycles. The number of phenols is 2. The van der Waals surface area contributed by atoms with Gasteiger partial charge in [0.15, 0.2) is 23.1 Å². The van der Waals surface area contributed by atoms with Crippen molar-refractivity contribution >= 4 is 0 Å². The normalized spacial score (nSPS) is 17.3. The Hall–Kier alpha value is -3.61. The van der Waals surface area contributed by atoms with Crippen LogP contribution in [-0.2, 0) is 0 Å². The highest BCUT2D eigenvalue weighted by Gasteiger charge is 2.36. The van der Waals surface area contributed by atoms with E-state index in [1.165, 1.54) is 19.2 Å². The van der Waals surface area contributed by atoms with Crippen molar-refractivity contribution in [1.82, 2.24) is 0 Å². The monoisotopic (exact) mass is 440 g/mol. The summed E-state index contributed by atoms with van der Waals surface area (Å²) in [6.07, 6.45) is 0. The molecule has 0 spiro atoms. The second-order valence-electron chi connectivity index (χ2n) is 7.69. The second kappa shape index (κ2) is 8.49. The van der Waals surface area contributed by atoms with Crippen LogP contribution in [0, 0.1) is 12.7 Å². The Bertz CT molecular complexity index is 1130. The highest BCUT2D eigenvalue weighted by Crippen LogP contribution is 2.51. The Morgan fingerprint density at radius 1 is 0.875 bits per heavy atom. The number of methoxy groups -OCH3 is 3. The van der Waals surface area contributed by atoms with Crippen LogP contribution in [0.2, 0.25) is 0 Å². The van der Waals surface area contributed by atoms with Gasteiger partial charge in [-0.2, -0.15) is 0 Å². The number of halogens is 1. The van der Waals surface area contributed by atoms with E-state index in [2.05, 4.69) is 0 Å². The van der Waals surface area contributed by atoms with Gasteiger partial charge in [-0.3, -0.25) is 0 Å². The summed E-state index contributed by atoms with van der Waals surface area (Å²) in [6, 6.07) is 11.5. The van der Waals surface area contributed by atoms with Gasteiger partial charge in [0.25, 0.3) is 0 Å². The lowest BCUT2D eigenvalue weighted by molar-refractivity contribution is 0.244. The Kier molecular flexibility index (Phi) is 5.74. The van der Waals surface area contributed by atoms with Crippen LogP contribution in [0.25, 0.3) is 0 Å². The van der Waals surface area contributed by atoms with E-state index in [1.807, 2.05) is 12.1 Å². The number of aromatic hydroxyl groups is 2. The Morgan fingerprint density at radius 2 is 1.53 bits per heavy atom. The van der Waals surface area contributed by atoms with Crippen LogP contribution < -0.4 is 18.9 Å². The topological polar surface area (TPSA) is 77.4 Å². The smallest absolute Gasteiger partial charge is 0.203 e. The first kappa shape index (κ1) is 21.6. The van der Waals surface area contributed by atoms with Crippen LogP contribution >= 0.6 is 0 Å². The van der Waals surface area contributed by atoms with E-state index >= 15 is 0 Å². The average Bonchev–Trinajstić information content (AvgIpc) is 2.81. The summed E-state index contributed by atoms with van der Waals surface area (Å²) in [4.78, 5) is 0. The Balaban J connectivity index is 1.93. The number of rotatable bonds is 5. The van der Waals surface area contributed by atoms with Gasteiger partial charge in [-0.25, -0.2) is 4.39 Å². The first-order valence-corrected chi connectivity index (χ1v) is 10.1. The average molecular weight is 440 g/mol. The molecule has 0 amide bonds. The van der Waals surface area contributed by atoms with E-state index in [4.69, 9.17) is 18.9 Å². The fraction of sp³-hybridized carbons (Fsp3) is 0.280. The summed E-state index contributed by atoms with van der Waals surface area (Å²) < 4.78 is 36.9. The molecule has 0 aliphatic carbocycles. The lowest BCUT2D eigenvalue weighted by Crippen LogP contribution is -2.26. The van der Waals surface area contributed by atoms with E-state index < -0.39 is 11.6 Å². The maximum absolute atomic E-state index is 14.3. The number of ether oxygens (including phenoxy) is 4. The van der Waals surface area contributed by atoms with Gasteiger partial charge in [-0.05, 0) is 48.4 Å². The fourth-order valence-corrected chi connectivity index (χ4v) is 4.36. The van der Waals surface area contributed by atoms with Gasteiger partial charge in [-0.15, -0.1) is 0 Å². The summed E-state index contributed by atoms with van der Waals surface area (Å²) in [5.41, 5.74) is 2.97. The third-order valence-corrected chi connectivity index (χ3v) is 6.00. The van der Waals surface area contributed by atoms with Gasteiger partial charge < -0.3 is 29.2 Å². The zero-order chi connectivity index (χ0) is 23.0. The summed E-state index contributed by atoms with van der Waals surface area (Å²) in [7, 11) is 4.64. The summed E-state index contributed by atoms with van der Waals surface area (Å²) >= 11 is 0. The zero-order valence-electron chi connectivity index (χ0n) is 18.3.